The summed E-state index contributed by atoms with van der Waals surface area (Å²) in [6.07, 6.45) is 1.51. The SMILES string of the molecule is CCc1ccc(OC)c(C2CNCCC(=O)N2)c1. The van der Waals surface area contributed by atoms with Crippen LogP contribution in [0.15, 0.2) is 18.2 Å². The van der Waals surface area contributed by atoms with Gasteiger partial charge in [-0.25, -0.2) is 0 Å². The summed E-state index contributed by atoms with van der Waals surface area (Å²) in [6.45, 7) is 3.60. The van der Waals surface area contributed by atoms with E-state index in [1.54, 1.807) is 7.11 Å². The zero-order valence-electron chi connectivity index (χ0n) is 11.0. The van der Waals surface area contributed by atoms with Gasteiger partial charge in [-0.1, -0.05) is 13.0 Å². The van der Waals surface area contributed by atoms with Gasteiger partial charge >= 0.3 is 0 Å². The molecule has 0 radical (unpaired) electrons. The second-order valence-corrected chi connectivity index (χ2v) is 4.50. The van der Waals surface area contributed by atoms with Crippen LogP contribution >= 0.6 is 0 Å². The van der Waals surface area contributed by atoms with Crippen molar-refractivity contribution < 1.29 is 9.53 Å². The largest absolute Gasteiger partial charge is 0.496 e. The Balaban J connectivity index is 2.31. The maximum Gasteiger partial charge on any atom is 0.221 e. The van der Waals surface area contributed by atoms with Crippen molar-refractivity contribution >= 4 is 5.91 Å². The van der Waals surface area contributed by atoms with Crippen molar-refractivity contribution in [1.29, 1.82) is 0 Å². The molecule has 0 bridgehead atoms. The summed E-state index contributed by atoms with van der Waals surface area (Å²) in [5, 5.41) is 6.32. The highest BCUT2D eigenvalue weighted by Crippen LogP contribution is 2.27. The van der Waals surface area contributed by atoms with Gasteiger partial charge < -0.3 is 15.4 Å². The maximum atomic E-state index is 11.6. The van der Waals surface area contributed by atoms with Crippen molar-refractivity contribution in [3.8, 4) is 5.75 Å². The Bertz CT molecular complexity index is 432. The Morgan fingerprint density at radius 2 is 2.28 bits per heavy atom. The van der Waals surface area contributed by atoms with Gasteiger partial charge in [0.25, 0.3) is 0 Å². The highest BCUT2D eigenvalue weighted by molar-refractivity contribution is 5.77. The number of nitrogens with one attached hydrogen (secondary N) is 2. The zero-order chi connectivity index (χ0) is 13.0. The molecule has 2 N–H and O–H groups in total. The molecule has 18 heavy (non-hydrogen) atoms. The Morgan fingerprint density at radius 3 is 3.00 bits per heavy atom. The van der Waals surface area contributed by atoms with Crippen LogP contribution in [0.3, 0.4) is 0 Å². The lowest BCUT2D eigenvalue weighted by Crippen LogP contribution is -2.30. The summed E-state index contributed by atoms with van der Waals surface area (Å²) < 4.78 is 5.40. The van der Waals surface area contributed by atoms with Crippen LogP contribution in [0.1, 0.15) is 30.5 Å². The standard InChI is InChI=1S/C14H20N2O2/c1-3-10-4-5-13(18-2)11(8-10)12-9-15-7-6-14(17)16-12/h4-5,8,12,15H,3,6-7,9H2,1-2H3,(H,16,17). The van der Waals surface area contributed by atoms with Crippen LogP contribution in [-0.2, 0) is 11.2 Å². The van der Waals surface area contributed by atoms with E-state index >= 15 is 0 Å². The molecular formula is C14H20N2O2. The van der Waals surface area contributed by atoms with E-state index in [4.69, 9.17) is 4.74 Å². The number of benzene rings is 1. The fraction of sp³-hybridized carbons (Fsp3) is 0.500. The minimum atomic E-state index is -0.0125. The molecule has 1 unspecified atom stereocenters. The summed E-state index contributed by atoms with van der Waals surface area (Å²) in [4.78, 5) is 11.6. The molecule has 1 amide bonds. The van der Waals surface area contributed by atoms with E-state index < -0.39 is 0 Å². The van der Waals surface area contributed by atoms with Gasteiger partial charge in [0.2, 0.25) is 5.91 Å². The molecule has 1 aliphatic rings. The van der Waals surface area contributed by atoms with Gasteiger partial charge in [0, 0.05) is 25.1 Å². The average molecular weight is 248 g/mol. The molecule has 98 valence electrons. The zero-order valence-corrected chi connectivity index (χ0v) is 11.0. The molecule has 1 fully saturated rings. The van der Waals surface area contributed by atoms with Crippen LogP contribution < -0.4 is 15.4 Å². The molecular weight excluding hydrogens is 228 g/mol. The topological polar surface area (TPSA) is 50.4 Å². The molecule has 1 aliphatic heterocycles. The van der Waals surface area contributed by atoms with Crippen molar-refractivity contribution in [2.45, 2.75) is 25.8 Å². The number of hydrogen-bond acceptors (Lipinski definition) is 3. The van der Waals surface area contributed by atoms with E-state index in [0.717, 1.165) is 30.8 Å². The van der Waals surface area contributed by atoms with Crippen LogP contribution in [-0.4, -0.2) is 26.1 Å². The van der Waals surface area contributed by atoms with Gasteiger partial charge in [-0.2, -0.15) is 0 Å². The van der Waals surface area contributed by atoms with Crippen LogP contribution in [0, 0.1) is 0 Å². The number of amides is 1. The smallest absolute Gasteiger partial charge is 0.221 e. The molecule has 0 saturated carbocycles. The minimum absolute atomic E-state index is 0.0125. The molecule has 4 nitrogen and oxygen atoms in total. The van der Waals surface area contributed by atoms with Crippen molar-refractivity contribution in [2.24, 2.45) is 0 Å². The van der Waals surface area contributed by atoms with Crippen molar-refractivity contribution in [2.75, 3.05) is 20.2 Å². The Hall–Kier alpha value is -1.55. The average Bonchev–Trinajstić information content (AvgIpc) is 2.62. The van der Waals surface area contributed by atoms with Crippen LogP contribution in [0.25, 0.3) is 0 Å². The molecule has 2 rings (SSSR count). The third kappa shape index (κ3) is 2.82. The first-order chi connectivity index (χ1) is 8.74. The normalized spacial score (nSPS) is 20.1. The molecule has 4 heteroatoms. The van der Waals surface area contributed by atoms with Crippen molar-refractivity contribution in [1.82, 2.24) is 10.6 Å². The van der Waals surface area contributed by atoms with E-state index in [-0.39, 0.29) is 11.9 Å². The lowest BCUT2D eigenvalue weighted by molar-refractivity contribution is -0.121. The Morgan fingerprint density at radius 1 is 1.44 bits per heavy atom. The first kappa shape index (κ1) is 12.9. The number of hydrogen-bond donors (Lipinski definition) is 2. The predicted molar refractivity (Wildman–Crippen MR) is 70.7 cm³/mol. The molecule has 0 aromatic heterocycles. The number of rotatable bonds is 3. The predicted octanol–water partition coefficient (Wildman–Crippen LogP) is 1.41. The van der Waals surface area contributed by atoms with E-state index in [0.29, 0.717) is 6.42 Å². The van der Waals surface area contributed by atoms with Gasteiger partial charge in [0.1, 0.15) is 5.75 Å². The van der Waals surface area contributed by atoms with E-state index in [2.05, 4.69) is 29.7 Å². The minimum Gasteiger partial charge on any atom is -0.496 e. The van der Waals surface area contributed by atoms with Crippen LogP contribution in [0.2, 0.25) is 0 Å². The van der Waals surface area contributed by atoms with Gasteiger partial charge in [-0.05, 0) is 24.1 Å². The summed E-state index contributed by atoms with van der Waals surface area (Å²) in [7, 11) is 1.66. The molecule has 1 atom stereocenters. The number of aryl methyl sites for hydroxylation is 1. The van der Waals surface area contributed by atoms with Gasteiger partial charge in [0.05, 0.1) is 13.2 Å². The van der Waals surface area contributed by atoms with Gasteiger partial charge in [-0.3, -0.25) is 4.79 Å². The number of ether oxygens (including phenoxy) is 1. The summed E-state index contributed by atoms with van der Waals surface area (Å²) in [5.74, 6) is 0.926. The highest BCUT2D eigenvalue weighted by atomic mass is 16.5. The highest BCUT2D eigenvalue weighted by Gasteiger charge is 2.21. The number of carbonyl (C=O) groups excluding carboxylic acids is 1. The number of methoxy groups -OCH3 is 1. The van der Waals surface area contributed by atoms with Crippen LogP contribution in [0.5, 0.6) is 5.75 Å². The fourth-order valence-corrected chi connectivity index (χ4v) is 2.23. The Kier molecular flexibility index (Phi) is 4.20. The second kappa shape index (κ2) is 5.87. The lowest BCUT2D eigenvalue weighted by atomic mass is 10.0. The number of carbonyl (C=O) groups is 1. The molecule has 0 spiro atoms. The van der Waals surface area contributed by atoms with Crippen LogP contribution in [0.4, 0.5) is 0 Å². The molecule has 1 aromatic rings. The molecule has 1 saturated heterocycles. The first-order valence-corrected chi connectivity index (χ1v) is 6.41. The monoisotopic (exact) mass is 248 g/mol. The maximum absolute atomic E-state index is 11.6. The van der Waals surface area contributed by atoms with E-state index in [1.165, 1.54) is 5.56 Å². The summed E-state index contributed by atoms with van der Waals surface area (Å²) >= 11 is 0. The quantitative estimate of drug-likeness (QED) is 0.850. The summed E-state index contributed by atoms with van der Waals surface area (Å²) in [5.41, 5.74) is 2.31. The Labute approximate surface area is 108 Å². The lowest BCUT2D eigenvalue weighted by Gasteiger charge is -2.20. The molecule has 1 heterocycles. The van der Waals surface area contributed by atoms with Crippen molar-refractivity contribution in [3.63, 3.8) is 0 Å². The van der Waals surface area contributed by atoms with Gasteiger partial charge in [0.15, 0.2) is 0 Å². The fourth-order valence-electron chi connectivity index (χ4n) is 2.23. The summed E-state index contributed by atoms with van der Waals surface area (Å²) in [6, 6.07) is 6.15. The van der Waals surface area contributed by atoms with E-state index in [1.807, 2.05) is 6.07 Å². The third-order valence-corrected chi connectivity index (χ3v) is 3.29. The molecule has 0 aliphatic carbocycles. The molecule has 1 aromatic carbocycles. The second-order valence-electron chi connectivity index (χ2n) is 4.50. The third-order valence-electron chi connectivity index (χ3n) is 3.29. The first-order valence-electron chi connectivity index (χ1n) is 6.41. The van der Waals surface area contributed by atoms with Crippen molar-refractivity contribution in [3.05, 3.63) is 29.3 Å². The van der Waals surface area contributed by atoms with E-state index in [9.17, 15) is 4.79 Å². The van der Waals surface area contributed by atoms with Gasteiger partial charge in [-0.15, -0.1) is 0 Å².